The van der Waals surface area contributed by atoms with Crippen molar-refractivity contribution < 1.29 is 32.7 Å². The highest BCUT2D eigenvalue weighted by Crippen LogP contribution is 2.59. The Bertz CT molecular complexity index is 752. The van der Waals surface area contributed by atoms with Crippen LogP contribution < -0.4 is 0 Å². The van der Waals surface area contributed by atoms with E-state index in [1.54, 1.807) is 0 Å². The maximum Gasteiger partial charge on any atom is 0.313 e. The molecule has 2 bridgehead atoms. The molecule has 0 aromatic carbocycles. The second-order valence-corrected chi connectivity index (χ2v) is 21.8. The van der Waals surface area contributed by atoms with Gasteiger partial charge >= 0.3 is 11.9 Å². The Kier molecular flexibility index (Phi) is 5.92. The molecular weight excluding hydrogens is 432 g/mol. The monoisotopic (exact) mass is 472 g/mol. The summed E-state index contributed by atoms with van der Waals surface area (Å²) in [5, 5.41) is -0.0656. The van der Waals surface area contributed by atoms with Gasteiger partial charge < -0.3 is 23.1 Å². The van der Waals surface area contributed by atoms with Gasteiger partial charge in [-0.3, -0.25) is 9.59 Å². The standard InChI is InChI=1S/C22H40O7Si2/c1-20(2,3)30(8,9)28-16-15-13(18(23)25-7)14-19(24)26-12-22(14,27-15)17(16)29-31(10,11)21(4,5)6/h13-17H,12H2,1-11H3/t13-,14-,15-,16-,17-,22+/m0/s1. The highest BCUT2D eigenvalue weighted by molar-refractivity contribution is 6.74. The van der Waals surface area contributed by atoms with E-state index in [0.717, 1.165) is 0 Å². The molecule has 0 aliphatic carbocycles. The summed E-state index contributed by atoms with van der Waals surface area (Å²) < 4.78 is 30.8. The number of esters is 2. The van der Waals surface area contributed by atoms with Gasteiger partial charge in [-0.15, -0.1) is 0 Å². The quantitative estimate of drug-likeness (QED) is 0.444. The van der Waals surface area contributed by atoms with E-state index in [0.29, 0.717) is 0 Å². The number of rotatable bonds is 5. The highest BCUT2D eigenvalue weighted by Gasteiger charge is 2.78. The van der Waals surface area contributed by atoms with Crippen molar-refractivity contribution in [2.45, 2.75) is 102 Å². The number of fused-ring (bicyclic) bond motifs is 1. The zero-order valence-electron chi connectivity index (χ0n) is 21.0. The Labute approximate surface area is 188 Å². The maximum atomic E-state index is 12.8. The number of hydrogen-bond acceptors (Lipinski definition) is 7. The molecule has 0 aromatic rings. The molecule has 3 aliphatic rings. The van der Waals surface area contributed by atoms with Crippen molar-refractivity contribution in [3.63, 3.8) is 0 Å². The number of hydrogen-bond donors (Lipinski definition) is 0. The van der Waals surface area contributed by atoms with Crippen LogP contribution in [0, 0.1) is 11.8 Å². The molecule has 9 heteroatoms. The molecule has 3 heterocycles. The summed E-state index contributed by atoms with van der Waals surface area (Å²) in [6.45, 7) is 21.9. The van der Waals surface area contributed by atoms with Gasteiger partial charge in [-0.05, 0) is 36.3 Å². The van der Waals surface area contributed by atoms with E-state index in [1.165, 1.54) is 7.11 Å². The Morgan fingerprint density at radius 3 is 2.00 bits per heavy atom. The fourth-order valence-electron chi connectivity index (χ4n) is 4.40. The minimum atomic E-state index is -2.24. The van der Waals surface area contributed by atoms with Gasteiger partial charge in [0.25, 0.3) is 0 Å². The largest absolute Gasteiger partial charge is 0.469 e. The van der Waals surface area contributed by atoms with Crippen LogP contribution in [0.3, 0.4) is 0 Å². The average molecular weight is 473 g/mol. The first-order valence-corrected chi connectivity index (χ1v) is 17.0. The van der Waals surface area contributed by atoms with Crippen LogP contribution in [0.1, 0.15) is 41.5 Å². The van der Waals surface area contributed by atoms with E-state index >= 15 is 0 Å². The van der Waals surface area contributed by atoms with Gasteiger partial charge in [0.1, 0.15) is 42.4 Å². The number of methoxy groups -OCH3 is 1. The molecule has 0 aromatic heterocycles. The molecule has 6 atom stereocenters. The molecule has 0 radical (unpaired) electrons. The summed E-state index contributed by atoms with van der Waals surface area (Å²) >= 11 is 0. The van der Waals surface area contributed by atoms with Crippen molar-refractivity contribution in [2.24, 2.45) is 11.8 Å². The third kappa shape index (κ3) is 3.74. The zero-order chi connectivity index (χ0) is 23.8. The molecular formula is C22H40O7Si2. The second kappa shape index (κ2) is 7.38. The zero-order valence-corrected chi connectivity index (χ0v) is 23.0. The van der Waals surface area contributed by atoms with Crippen molar-refractivity contribution in [3.8, 4) is 0 Å². The van der Waals surface area contributed by atoms with Crippen molar-refractivity contribution >= 4 is 28.6 Å². The van der Waals surface area contributed by atoms with Crippen LogP contribution in [0.5, 0.6) is 0 Å². The van der Waals surface area contributed by atoms with Crippen molar-refractivity contribution in [1.29, 1.82) is 0 Å². The van der Waals surface area contributed by atoms with E-state index in [1.807, 2.05) is 0 Å². The minimum absolute atomic E-state index is 0.0316. The fourth-order valence-corrected chi connectivity index (χ4v) is 7.01. The van der Waals surface area contributed by atoms with E-state index in [2.05, 4.69) is 67.7 Å². The van der Waals surface area contributed by atoms with Crippen molar-refractivity contribution in [2.75, 3.05) is 13.7 Å². The molecule has 178 valence electrons. The molecule has 1 spiro atoms. The molecule has 0 amide bonds. The first kappa shape index (κ1) is 24.9. The topological polar surface area (TPSA) is 80.3 Å². The molecule has 0 N–H and O–H groups in total. The Morgan fingerprint density at radius 2 is 1.52 bits per heavy atom. The lowest BCUT2D eigenvalue weighted by atomic mass is 9.70. The number of carbonyl (C=O) groups is 2. The summed E-state index contributed by atoms with van der Waals surface area (Å²) in [6, 6.07) is 0. The molecule has 7 nitrogen and oxygen atoms in total. The fraction of sp³-hybridized carbons (Fsp3) is 0.909. The van der Waals surface area contributed by atoms with E-state index in [9.17, 15) is 9.59 Å². The summed E-state index contributed by atoms with van der Waals surface area (Å²) in [5.74, 6) is -2.33. The normalized spacial score (nSPS) is 35.8. The van der Waals surface area contributed by atoms with Crippen LogP contribution >= 0.6 is 0 Å². The summed E-state index contributed by atoms with van der Waals surface area (Å²) in [6.07, 6.45) is -1.51. The maximum absolute atomic E-state index is 12.8. The van der Waals surface area contributed by atoms with E-state index in [4.69, 9.17) is 23.1 Å². The summed E-state index contributed by atoms with van der Waals surface area (Å²) in [4.78, 5) is 25.5. The van der Waals surface area contributed by atoms with Crippen LogP contribution in [-0.4, -0.2) is 66.2 Å². The number of cyclic esters (lactones) is 1. The van der Waals surface area contributed by atoms with Crippen molar-refractivity contribution in [1.82, 2.24) is 0 Å². The predicted molar refractivity (Wildman–Crippen MR) is 122 cm³/mol. The Hall–Kier alpha value is -0.746. The summed E-state index contributed by atoms with van der Waals surface area (Å²) in [7, 11) is -3.13. The third-order valence-corrected chi connectivity index (χ3v) is 17.3. The number of carbonyl (C=O) groups excluding carboxylic acids is 2. The predicted octanol–water partition coefficient (Wildman–Crippen LogP) is 3.88. The van der Waals surface area contributed by atoms with Crippen LogP contribution in [0.2, 0.25) is 36.3 Å². The van der Waals surface area contributed by atoms with Gasteiger partial charge in [0, 0.05) is 0 Å². The van der Waals surface area contributed by atoms with Crippen LogP contribution in [0.4, 0.5) is 0 Å². The molecule has 3 saturated heterocycles. The van der Waals surface area contributed by atoms with Gasteiger partial charge in [0.15, 0.2) is 16.6 Å². The Balaban J connectivity index is 2.08. The Morgan fingerprint density at radius 1 is 1.00 bits per heavy atom. The lowest BCUT2D eigenvalue weighted by Crippen LogP contribution is -2.63. The number of ether oxygens (including phenoxy) is 3. The van der Waals surface area contributed by atoms with E-state index < -0.39 is 64.3 Å². The summed E-state index contributed by atoms with van der Waals surface area (Å²) in [5.41, 5.74) is -1.01. The van der Waals surface area contributed by atoms with Crippen LogP contribution in [0.25, 0.3) is 0 Å². The van der Waals surface area contributed by atoms with E-state index in [-0.39, 0.29) is 16.7 Å². The minimum Gasteiger partial charge on any atom is -0.469 e. The van der Waals surface area contributed by atoms with Gasteiger partial charge in [-0.25, -0.2) is 0 Å². The van der Waals surface area contributed by atoms with Gasteiger partial charge in [0.2, 0.25) is 0 Å². The van der Waals surface area contributed by atoms with Gasteiger partial charge in [-0.1, -0.05) is 41.5 Å². The molecule has 3 aliphatic heterocycles. The molecule has 0 unspecified atom stereocenters. The highest BCUT2D eigenvalue weighted by atomic mass is 28.4. The second-order valence-electron chi connectivity index (χ2n) is 12.3. The van der Waals surface area contributed by atoms with Crippen molar-refractivity contribution in [3.05, 3.63) is 0 Å². The molecule has 31 heavy (non-hydrogen) atoms. The smallest absolute Gasteiger partial charge is 0.313 e. The molecule has 0 saturated carbocycles. The lowest BCUT2D eigenvalue weighted by Gasteiger charge is -2.48. The van der Waals surface area contributed by atoms with Gasteiger partial charge in [-0.2, -0.15) is 0 Å². The lowest BCUT2D eigenvalue weighted by molar-refractivity contribution is -0.157. The SMILES string of the molecule is COC(=O)[C@@H]1[C@@H]2O[C@@]3(COC(=O)[C@H]13)[C@@H](O[Si](C)(C)C(C)(C)C)[C@H]2O[Si](C)(C)C(C)(C)C. The first-order chi connectivity index (χ1) is 13.9. The first-order valence-electron chi connectivity index (χ1n) is 11.2. The van der Waals surface area contributed by atoms with Crippen LogP contribution in [0.15, 0.2) is 0 Å². The molecule has 3 fully saturated rings. The van der Waals surface area contributed by atoms with Crippen LogP contribution in [-0.2, 0) is 32.7 Å². The average Bonchev–Trinajstić information content (AvgIpc) is 3.20. The third-order valence-electron chi connectivity index (χ3n) is 8.33. The van der Waals surface area contributed by atoms with Gasteiger partial charge in [0.05, 0.1) is 7.11 Å². The molecule has 3 rings (SSSR count).